The summed E-state index contributed by atoms with van der Waals surface area (Å²) < 4.78 is 33.6. The summed E-state index contributed by atoms with van der Waals surface area (Å²) >= 11 is 0. The first kappa shape index (κ1) is 23.6. The molecule has 0 heterocycles. The van der Waals surface area contributed by atoms with Crippen LogP contribution in [0.4, 0.5) is 8.78 Å². The molecule has 33 heavy (non-hydrogen) atoms. The molecule has 0 aliphatic heterocycles. The van der Waals surface area contributed by atoms with E-state index in [2.05, 4.69) is 10.1 Å². The number of ether oxygens (including phenoxy) is 2. The number of hydrogen-bond donors (Lipinski definition) is 1. The molecule has 0 fully saturated rings. The first-order valence-corrected chi connectivity index (χ1v) is 10.1. The molecule has 0 saturated carbocycles. The lowest BCUT2D eigenvalue weighted by Gasteiger charge is -2.17. The number of carbonyl (C=O) groups excluding carboxylic acids is 3. The number of rotatable bonds is 9. The summed E-state index contributed by atoms with van der Waals surface area (Å²) in [4.78, 5) is 36.6. The van der Waals surface area contributed by atoms with Crippen LogP contribution in [0.2, 0.25) is 0 Å². The molecule has 0 atom stereocenters. The van der Waals surface area contributed by atoms with Crippen LogP contribution >= 0.6 is 0 Å². The number of nitrogens with one attached hydrogen (secondary N) is 1. The minimum absolute atomic E-state index is 0.0147. The predicted octanol–water partition coefficient (Wildman–Crippen LogP) is 4.31. The number of benzene rings is 3. The molecule has 170 valence electrons. The van der Waals surface area contributed by atoms with Gasteiger partial charge in [0.2, 0.25) is 0 Å². The zero-order valence-electron chi connectivity index (χ0n) is 17.4. The molecule has 3 aromatic carbocycles. The normalized spacial score (nSPS) is 10.7. The van der Waals surface area contributed by atoms with E-state index in [0.29, 0.717) is 0 Å². The standard InChI is InChI=1S/C25H21F2NO5/c26-25(27)33-20-13-11-19(12-14-20)24(31)28-22(29)16-32-23(30)15-21(17-7-3-1-4-8-17)18-9-5-2-6-10-18/h1-14,21,25H,15-16H2,(H,28,29,31). The van der Waals surface area contributed by atoms with Crippen molar-refractivity contribution in [2.45, 2.75) is 19.0 Å². The van der Waals surface area contributed by atoms with Crippen molar-refractivity contribution in [3.63, 3.8) is 0 Å². The first-order valence-electron chi connectivity index (χ1n) is 10.1. The first-order chi connectivity index (χ1) is 15.9. The highest BCUT2D eigenvalue weighted by atomic mass is 19.3. The molecule has 3 rings (SSSR count). The summed E-state index contributed by atoms with van der Waals surface area (Å²) in [7, 11) is 0. The highest BCUT2D eigenvalue weighted by Crippen LogP contribution is 2.28. The second-order valence-electron chi connectivity index (χ2n) is 7.02. The predicted molar refractivity (Wildman–Crippen MR) is 116 cm³/mol. The van der Waals surface area contributed by atoms with E-state index in [-0.39, 0.29) is 23.7 Å². The number of carbonyl (C=O) groups is 3. The summed E-state index contributed by atoms with van der Waals surface area (Å²) in [6.07, 6.45) is 0.0147. The van der Waals surface area contributed by atoms with Gasteiger partial charge < -0.3 is 9.47 Å². The Bertz CT molecular complexity index is 1030. The Morgan fingerprint density at radius 2 is 1.33 bits per heavy atom. The lowest BCUT2D eigenvalue weighted by atomic mass is 9.89. The fraction of sp³-hybridized carbons (Fsp3) is 0.160. The third kappa shape index (κ3) is 7.24. The van der Waals surface area contributed by atoms with Crippen molar-refractivity contribution in [3.05, 3.63) is 102 Å². The van der Waals surface area contributed by atoms with Gasteiger partial charge >= 0.3 is 12.6 Å². The third-order valence-corrected chi connectivity index (χ3v) is 4.73. The molecule has 2 amide bonds. The Balaban J connectivity index is 1.53. The molecule has 3 aromatic rings. The minimum Gasteiger partial charge on any atom is -0.456 e. The van der Waals surface area contributed by atoms with E-state index in [1.165, 1.54) is 24.3 Å². The lowest BCUT2D eigenvalue weighted by molar-refractivity contribution is -0.148. The molecule has 0 aliphatic rings. The van der Waals surface area contributed by atoms with E-state index in [1.54, 1.807) is 0 Å². The highest BCUT2D eigenvalue weighted by molar-refractivity contribution is 6.05. The van der Waals surface area contributed by atoms with Crippen LogP contribution in [-0.2, 0) is 14.3 Å². The summed E-state index contributed by atoms with van der Waals surface area (Å²) in [6, 6.07) is 23.7. The second kappa shape index (κ2) is 11.5. The minimum atomic E-state index is -2.98. The fourth-order valence-corrected chi connectivity index (χ4v) is 3.19. The van der Waals surface area contributed by atoms with Gasteiger partial charge in [-0.15, -0.1) is 0 Å². The molecule has 0 aromatic heterocycles. The van der Waals surface area contributed by atoms with Gasteiger partial charge in [-0.2, -0.15) is 8.78 Å². The van der Waals surface area contributed by atoms with Gasteiger partial charge in [0.1, 0.15) is 5.75 Å². The maximum absolute atomic E-state index is 12.4. The van der Waals surface area contributed by atoms with Crippen molar-refractivity contribution in [1.29, 1.82) is 0 Å². The van der Waals surface area contributed by atoms with Gasteiger partial charge in [-0.25, -0.2) is 0 Å². The number of halogens is 2. The van der Waals surface area contributed by atoms with Gasteiger partial charge in [0.25, 0.3) is 11.8 Å². The van der Waals surface area contributed by atoms with Gasteiger partial charge in [-0.05, 0) is 35.4 Å². The Morgan fingerprint density at radius 1 is 0.788 bits per heavy atom. The maximum atomic E-state index is 12.4. The van der Waals surface area contributed by atoms with Crippen molar-refractivity contribution < 1.29 is 32.6 Å². The molecule has 6 nitrogen and oxygen atoms in total. The Kier molecular flexibility index (Phi) is 8.24. The smallest absolute Gasteiger partial charge is 0.387 e. The van der Waals surface area contributed by atoms with Crippen molar-refractivity contribution in [2.75, 3.05) is 6.61 Å². The Labute approximate surface area is 189 Å². The quantitative estimate of drug-likeness (QED) is 0.489. The molecule has 0 bridgehead atoms. The van der Waals surface area contributed by atoms with Gasteiger partial charge in [0.15, 0.2) is 6.61 Å². The molecular weight excluding hydrogens is 432 g/mol. The molecule has 0 saturated heterocycles. The number of imide groups is 1. The van der Waals surface area contributed by atoms with Crippen LogP contribution in [0.5, 0.6) is 5.75 Å². The van der Waals surface area contributed by atoms with E-state index in [4.69, 9.17) is 4.74 Å². The number of alkyl halides is 2. The van der Waals surface area contributed by atoms with Gasteiger partial charge in [0.05, 0.1) is 6.42 Å². The van der Waals surface area contributed by atoms with Crippen molar-refractivity contribution in [3.8, 4) is 5.75 Å². The number of esters is 1. The Hall–Kier alpha value is -4.07. The summed E-state index contributed by atoms with van der Waals surface area (Å²) in [6.45, 7) is -3.61. The Morgan fingerprint density at radius 3 is 1.85 bits per heavy atom. The number of amides is 2. The van der Waals surface area contributed by atoms with Gasteiger partial charge in [-0.3, -0.25) is 19.7 Å². The summed E-state index contributed by atoms with van der Waals surface area (Å²) in [5, 5.41) is 2.08. The third-order valence-electron chi connectivity index (χ3n) is 4.73. The summed E-state index contributed by atoms with van der Waals surface area (Å²) in [5.74, 6) is -2.53. The molecule has 0 radical (unpaired) electrons. The van der Waals surface area contributed by atoms with Crippen molar-refractivity contribution in [2.24, 2.45) is 0 Å². The molecule has 0 unspecified atom stereocenters. The molecule has 0 spiro atoms. The van der Waals surface area contributed by atoms with E-state index < -0.39 is 31.0 Å². The fourth-order valence-electron chi connectivity index (χ4n) is 3.19. The largest absolute Gasteiger partial charge is 0.456 e. The van der Waals surface area contributed by atoms with Gasteiger partial charge in [0, 0.05) is 11.5 Å². The zero-order chi connectivity index (χ0) is 23.6. The van der Waals surface area contributed by atoms with Crippen LogP contribution < -0.4 is 10.1 Å². The van der Waals surface area contributed by atoms with Crippen LogP contribution in [0, 0.1) is 0 Å². The maximum Gasteiger partial charge on any atom is 0.387 e. The monoisotopic (exact) mass is 453 g/mol. The van der Waals surface area contributed by atoms with Gasteiger partial charge in [-0.1, -0.05) is 60.7 Å². The van der Waals surface area contributed by atoms with Crippen LogP contribution in [-0.4, -0.2) is 31.0 Å². The van der Waals surface area contributed by atoms with E-state index in [0.717, 1.165) is 11.1 Å². The topological polar surface area (TPSA) is 81.7 Å². The van der Waals surface area contributed by atoms with Crippen molar-refractivity contribution in [1.82, 2.24) is 5.32 Å². The average Bonchev–Trinajstić information content (AvgIpc) is 2.82. The average molecular weight is 453 g/mol. The van der Waals surface area contributed by atoms with E-state index in [9.17, 15) is 23.2 Å². The SMILES string of the molecule is O=C(COC(=O)CC(c1ccccc1)c1ccccc1)NC(=O)c1ccc(OC(F)F)cc1. The highest BCUT2D eigenvalue weighted by Gasteiger charge is 2.20. The molecule has 8 heteroatoms. The number of hydrogen-bond acceptors (Lipinski definition) is 5. The van der Waals surface area contributed by atoms with Crippen LogP contribution in [0.25, 0.3) is 0 Å². The molecule has 1 N–H and O–H groups in total. The van der Waals surface area contributed by atoms with Crippen LogP contribution in [0.1, 0.15) is 33.8 Å². The zero-order valence-corrected chi connectivity index (χ0v) is 17.4. The lowest BCUT2D eigenvalue weighted by Crippen LogP contribution is -2.34. The van der Waals surface area contributed by atoms with Crippen LogP contribution in [0.3, 0.4) is 0 Å². The van der Waals surface area contributed by atoms with Crippen LogP contribution in [0.15, 0.2) is 84.9 Å². The van der Waals surface area contributed by atoms with E-state index >= 15 is 0 Å². The van der Waals surface area contributed by atoms with Crippen molar-refractivity contribution >= 4 is 17.8 Å². The summed E-state index contributed by atoms with van der Waals surface area (Å²) in [5.41, 5.74) is 1.92. The molecular formula is C25H21F2NO5. The van der Waals surface area contributed by atoms with E-state index in [1.807, 2.05) is 60.7 Å². The molecule has 0 aliphatic carbocycles. The second-order valence-corrected chi connectivity index (χ2v) is 7.02.